The minimum absolute atomic E-state index is 0.387. The van der Waals surface area contributed by atoms with Gasteiger partial charge in [0.15, 0.2) is 9.84 Å². The molecule has 2 nitrogen and oxygen atoms in total. The minimum atomic E-state index is -4.59. The van der Waals surface area contributed by atoms with Crippen molar-refractivity contribution in [3.05, 3.63) is 0 Å². The molecule has 1 fully saturated rings. The Kier molecular flexibility index (Phi) is 2.38. The van der Waals surface area contributed by atoms with E-state index in [0.29, 0.717) is 12.8 Å². The quantitative estimate of drug-likeness (QED) is 0.680. The van der Waals surface area contributed by atoms with E-state index in [0.717, 1.165) is 6.42 Å². The highest BCUT2D eigenvalue weighted by Crippen LogP contribution is 2.30. The van der Waals surface area contributed by atoms with Gasteiger partial charge in [-0.25, -0.2) is 8.42 Å². The van der Waals surface area contributed by atoms with Gasteiger partial charge < -0.3 is 0 Å². The SMILES string of the molecule is O=S(=O)(CC(F)(F)F)C1CCC1. The average Bonchev–Trinajstić information content (AvgIpc) is 1.45. The Bertz CT molecular complexity index is 250. The molecule has 1 saturated carbocycles. The van der Waals surface area contributed by atoms with Crippen molar-refractivity contribution >= 4 is 9.84 Å². The molecule has 0 aromatic heterocycles. The largest absolute Gasteiger partial charge is 0.402 e. The molecule has 1 rings (SSSR count). The molecule has 6 heteroatoms. The second-order valence-corrected chi connectivity index (χ2v) is 5.26. The summed E-state index contributed by atoms with van der Waals surface area (Å²) >= 11 is 0. The van der Waals surface area contributed by atoms with Crippen LogP contribution in [0.5, 0.6) is 0 Å². The summed E-state index contributed by atoms with van der Waals surface area (Å²) in [5.74, 6) is -1.66. The summed E-state index contributed by atoms with van der Waals surface area (Å²) < 4.78 is 56.9. The van der Waals surface area contributed by atoms with Gasteiger partial charge in [-0.3, -0.25) is 0 Å². The smallest absolute Gasteiger partial charge is 0.228 e. The van der Waals surface area contributed by atoms with E-state index in [1.54, 1.807) is 0 Å². The fourth-order valence-corrected chi connectivity index (χ4v) is 2.82. The van der Waals surface area contributed by atoms with Crippen LogP contribution < -0.4 is 0 Å². The first-order valence-corrected chi connectivity index (χ1v) is 5.31. The third kappa shape index (κ3) is 2.36. The van der Waals surface area contributed by atoms with Crippen molar-refractivity contribution in [3.63, 3.8) is 0 Å². The standard InChI is InChI=1S/C6H9F3O2S/c7-6(8,9)4-12(10,11)5-2-1-3-5/h5H,1-4H2. The number of halogens is 3. The summed E-state index contributed by atoms with van der Waals surface area (Å²) in [6, 6.07) is 0. The van der Waals surface area contributed by atoms with Gasteiger partial charge >= 0.3 is 6.18 Å². The van der Waals surface area contributed by atoms with E-state index in [9.17, 15) is 21.6 Å². The van der Waals surface area contributed by atoms with E-state index in [-0.39, 0.29) is 0 Å². The Morgan fingerprint density at radius 2 is 1.75 bits per heavy atom. The van der Waals surface area contributed by atoms with Gasteiger partial charge in [-0.15, -0.1) is 0 Å². The number of alkyl halides is 3. The summed E-state index contributed by atoms with van der Waals surface area (Å²) in [6.07, 6.45) is -3.09. The maximum absolute atomic E-state index is 11.7. The van der Waals surface area contributed by atoms with Crippen LogP contribution in [0.4, 0.5) is 13.2 Å². The minimum Gasteiger partial charge on any atom is -0.228 e. The molecule has 0 unspecified atom stereocenters. The zero-order valence-corrected chi connectivity index (χ0v) is 7.08. The molecular weight excluding hydrogens is 193 g/mol. The van der Waals surface area contributed by atoms with Crippen LogP contribution in [-0.2, 0) is 9.84 Å². The van der Waals surface area contributed by atoms with Crippen molar-refractivity contribution in [2.45, 2.75) is 30.7 Å². The second kappa shape index (κ2) is 2.90. The lowest BCUT2D eigenvalue weighted by molar-refractivity contribution is -0.106. The van der Waals surface area contributed by atoms with Crippen molar-refractivity contribution in [1.29, 1.82) is 0 Å². The van der Waals surface area contributed by atoms with Crippen LogP contribution in [0.2, 0.25) is 0 Å². The van der Waals surface area contributed by atoms with Crippen molar-refractivity contribution in [2.24, 2.45) is 0 Å². The molecular formula is C6H9F3O2S. The maximum Gasteiger partial charge on any atom is 0.402 e. The summed E-state index contributed by atoms with van der Waals surface area (Å²) in [7, 11) is -3.91. The molecule has 72 valence electrons. The first-order valence-electron chi connectivity index (χ1n) is 3.59. The van der Waals surface area contributed by atoms with Crippen LogP contribution in [0.1, 0.15) is 19.3 Å². The fraction of sp³-hybridized carbons (Fsp3) is 1.00. The highest BCUT2D eigenvalue weighted by Gasteiger charge is 2.41. The van der Waals surface area contributed by atoms with Crippen LogP contribution in [0, 0.1) is 0 Å². The zero-order chi connectivity index (χ0) is 9.41. The van der Waals surface area contributed by atoms with Gasteiger partial charge in [0.05, 0.1) is 5.25 Å². The first kappa shape index (κ1) is 9.83. The molecule has 0 N–H and O–H groups in total. The third-order valence-electron chi connectivity index (χ3n) is 1.92. The number of rotatable bonds is 2. The second-order valence-electron chi connectivity index (χ2n) is 2.98. The normalized spacial score (nSPS) is 20.6. The topological polar surface area (TPSA) is 34.1 Å². The lowest BCUT2D eigenvalue weighted by Gasteiger charge is -2.25. The molecule has 0 saturated heterocycles. The van der Waals surface area contributed by atoms with Crippen molar-refractivity contribution in [2.75, 3.05) is 5.75 Å². The van der Waals surface area contributed by atoms with Crippen LogP contribution in [0.15, 0.2) is 0 Å². The molecule has 12 heavy (non-hydrogen) atoms. The molecule has 0 spiro atoms. The summed E-state index contributed by atoms with van der Waals surface area (Å²) in [6.45, 7) is 0. The van der Waals surface area contributed by atoms with Gasteiger partial charge in [-0.05, 0) is 12.8 Å². The number of hydrogen-bond acceptors (Lipinski definition) is 2. The van der Waals surface area contributed by atoms with Crippen LogP contribution in [0.25, 0.3) is 0 Å². The van der Waals surface area contributed by atoms with Crippen LogP contribution in [-0.4, -0.2) is 25.6 Å². The van der Waals surface area contributed by atoms with E-state index in [1.165, 1.54) is 0 Å². The van der Waals surface area contributed by atoms with Gasteiger partial charge in [0.25, 0.3) is 0 Å². The van der Waals surface area contributed by atoms with E-state index in [1.807, 2.05) is 0 Å². The molecule has 1 aliphatic rings. The molecule has 0 amide bonds. The summed E-state index contributed by atoms with van der Waals surface area (Å²) in [4.78, 5) is 0. The summed E-state index contributed by atoms with van der Waals surface area (Å²) in [5, 5.41) is -0.737. The molecule has 0 radical (unpaired) electrons. The highest BCUT2D eigenvalue weighted by atomic mass is 32.2. The van der Waals surface area contributed by atoms with Gasteiger partial charge in [-0.2, -0.15) is 13.2 Å². The number of sulfone groups is 1. The third-order valence-corrected chi connectivity index (χ3v) is 4.14. The predicted octanol–water partition coefficient (Wildman–Crippen LogP) is 1.52. The summed E-state index contributed by atoms with van der Waals surface area (Å²) in [5.41, 5.74) is 0. The molecule has 1 aliphatic carbocycles. The van der Waals surface area contributed by atoms with Gasteiger partial charge in [0.2, 0.25) is 0 Å². The van der Waals surface area contributed by atoms with E-state index < -0.39 is 27.0 Å². The monoisotopic (exact) mass is 202 g/mol. The molecule has 0 heterocycles. The van der Waals surface area contributed by atoms with Crippen LogP contribution in [0.3, 0.4) is 0 Å². The average molecular weight is 202 g/mol. The van der Waals surface area contributed by atoms with Crippen molar-refractivity contribution in [3.8, 4) is 0 Å². The van der Waals surface area contributed by atoms with Crippen molar-refractivity contribution in [1.82, 2.24) is 0 Å². The molecule has 0 aliphatic heterocycles. The molecule has 0 aromatic rings. The Morgan fingerprint density at radius 3 is 2.00 bits per heavy atom. The van der Waals surface area contributed by atoms with Gasteiger partial charge in [0.1, 0.15) is 5.75 Å². The zero-order valence-electron chi connectivity index (χ0n) is 6.26. The van der Waals surface area contributed by atoms with E-state index in [2.05, 4.69) is 0 Å². The maximum atomic E-state index is 11.7. The molecule has 0 bridgehead atoms. The van der Waals surface area contributed by atoms with E-state index in [4.69, 9.17) is 0 Å². The van der Waals surface area contributed by atoms with Crippen LogP contribution >= 0.6 is 0 Å². The lowest BCUT2D eigenvalue weighted by atomic mass is 10.0. The first-order chi connectivity index (χ1) is 5.31. The Labute approximate surface area is 68.7 Å². The Hall–Kier alpha value is -0.260. The van der Waals surface area contributed by atoms with E-state index >= 15 is 0 Å². The predicted molar refractivity (Wildman–Crippen MR) is 37.5 cm³/mol. The lowest BCUT2D eigenvalue weighted by Crippen LogP contribution is -2.35. The van der Waals surface area contributed by atoms with Gasteiger partial charge in [0, 0.05) is 0 Å². The number of hydrogen-bond donors (Lipinski definition) is 0. The Morgan fingerprint density at radius 1 is 1.25 bits per heavy atom. The molecule has 0 aromatic carbocycles. The van der Waals surface area contributed by atoms with Crippen molar-refractivity contribution < 1.29 is 21.6 Å². The Balaban J connectivity index is 2.60. The van der Waals surface area contributed by atoms with Gasteiger partial charge in [-0.1, -0.05) is 6.42 Å². The molecule has 0 atom stereocenters. The highest BCUT2D eigenvalue weighted by molar-refractivity contribution is 7.92. The fourth-order valence-electron chi connectivity index (χ4n) is 1.08.